The molecule has 0 radical (unpaired) electrons. The number of morpholine rings is 1. The lowest BCUT2D eigenvalue weighted by molar-refractivity contribution is -0.135. The zero-order valence-corrected chi connectivity index (χ0v) is 18.5. The van der Waals surface area contributed by atoms with E-state index < -0.39 is 0 Å². The molecule has 0 N–H and O–H groups in total. The quantitative estimate of drug-likeness (QED) is 0.686. The van der Waals surface area contributed by atoms with E-state index in [9.17, 15) is 4.79 Å². The number of carbonyl (C=O) groups is 1. The van der Waals surface area contributed by atoms with E-state index in [2.05, 4.69) is 11.8 Å². The lowest BCUT2D eigenvalue weighted by Crippen LogP contribution is -2.44. The van der Waals surface area contributed by atoms with Gasteiger partial charge in [0.1, 0.15) is 11.6 Å². The number of hydrogen-bond donors (Lipinski definition) is 0. The summed E-state index contributed by atoms with van der Waals surface area (Å²) in [5.74, 6) is 1.98. The minimum atomic E-state index is 0.205. The van der Waals surface area contributed by atoms with E-state index >= 15 is 0 Å². The fraction of sp³-hybridized carbons (Fsp3) is 0.609. The van der Waals surface area contributed by atoms with Gasteiger partial charge in [0, 0.05) is 48.9 Å². The molecule has 1 aliphatic heterocycles. The van der Waals surface area contributed by atoms with Gasteiger partial charge in [-0.15, -0.1) is 0 Å². The molecule has 0 atom stereocenters. The number of carbonyl (C=O) groups excluding carboxylic acids is 1. The summed E-state index contributed by atoms with van der Waals surface area (Å²) in [7, 11) is 0. The summed E-state index contributed by atoms with van der Waals surface area (Å²) in [4.78, 5) is 26.8. The second-order valence-corrected chi connectivity index (χ2v) is 8.64. The molecule has 0 unspecified atom stereocenters. The molecule has 1 aromatic heterocycles. The largest absolute Gasteiger partial charge is 0.378 e. The molecule has 1 saturated heterocycles. The van der Waals surface area contributed by atoms with Gasteiger partial charge in [0.2, 0.25) is 5.91 Å². The molecule has 7 heteroatoms. The van der Waals surface area contributed by atoms with E-state index in [-0.39, 0.29) is 5.91 Å². The standard InChI is InChI=1S/C23H31ClN4O2/c1-2-21-25-20-16-17(24)8-9-19(20)23(26-21)28(18-6-4-3-5-7-18)11-10-22(29)27-12-14-30-15-13-27/h8-9,16,18H,2-7,10-15H2,1H3. The lowest BCUT2D eigenvalue weighted by atomic mass is 9.93. The summed E-state index contributed by atoms with van der Waals surface area (Å²) < 4.78 is 5.39. The van der Waals surface area contributed by atoms with Crippen molar-refractivity contribution in [2.75, 3.05) is 37.7 Å². The first kappa shape index (κ1) is 21.3. The predicted molar refractivity (Wildman–Crippen MR) is 120 cm³/mol. The molecule has 1 aliphatic carbocycles. The number of nitrogens with zero attached hydrogens (tertiary/aromatic N) is 4. The van der Waals surface area contributed by atoms with Crippen LogP contribution in [-0.2, 0) is 16.0 Å². The van der Waals surface area contributed by atoms with Crippen molar-refractivity contribution in [2.45, 2.75) is 57.9 Å². The SMILES string of the molecule is CCc1nc(N(CCC(=O)N2CCOCC2)C2CCCCC2)c2ccc(Cl)cc2n1. The highest BCUT2D eigenvalue weighted by molar-refractivity contribution is 6.31. The molecule has 1 amide bonds. The molecule has 2 fully saturated rings. The van der Waals surface area contributed by atoms with Gasteiger partial charge in [-0.05, 0) is 31.0 Å². The van der Waals surface area contributed by atoms with Gasteiger partial charge < -0.3 is 14.5 Å². The third-order valence-electron chi connectivity index (χ3n) is 6.22. The van der Waals surface area contributed by atoms with Crippen LogP contribution in [0.4, 0.5) is 5.82 Å². The minimum Gasteiger partial charge on any atom is -0.378 e. The maximum absolute atomic E-state index is 12.8. The first-order chi connectivity index (χ1) is 14.7. The normalized spacial score (nSPS) is 18.0. The second kappa shape index (κ2) is 9.92. The van der Waals surface area contributed by atoms with Crippen molar-refractivity contribution in [1.82, 2.24) is 14.9 Å². The van der Waals surface area contributed by atoms with Gasteiger partial charge in [-0.3, -0.25) is 4.79 Å². The molecule has 6 nitrogen and oxygen atoms in total. The van der Waals surface area contributed by atoms with Crippen LogP contribution in [0.2, 0.25) is 5.02 Å². The first-order valence-corrected chi connectivity index (χ1v) is 11.6. The summed E-state index contributed by atoms with van der Waals surface area (Å²) in [6, 6.07) is 6.25. The molecule has 4 rings (SSSR count). The molecule has 2 aliphatic rings. The van der Waals surface area contributed by atoms with Crippen LogP contribution in [0, 0.1) is 0 Å². The molecule has 1 aromatic carbocycles. The number of hydrogen-bond acceptors (Lipinski definition) is 5. The van der Waals surface area contributed by atoms with Gasteiger partial charge in [-0.2, -0.15) is 0 Å². The number of anilines is 1. The third kappa shape index (κ3) is 4.86. The minimum absolute atomic E-state index is 0.205. The molecule has 0 bridgehead atoms. The van der Waals surface area contributed by atoms with Gasteiger partial charge in [0.15, 0.2) is 0 Å². The van der Waals surface area contributed by atoms with E-state index in [1.807, 2.05) is 23.1 Å². The van der Waals surface area contributed by atoms with Crippen LogP contribution in [0.3, 0.4) is 0 Å². The highest BCUT2D eigenvalue weighted by Crippen LogP contribution is 2.32. The Kier molecular flexibility index (Phi) is 7.05. The van der Waals surface area contributed by atoms with Gasteiger partial charge >= 0.3 is 0 Å². The molecular formula is C23H31ClN4O2. The van der Waals surface area contributed by atoms with Crippen molar-refractivity contribution in [3.05, 3.63) is 29.0 Å². The zero-order chi connectivity index (χ0) is 20.9. The topological polar surface area (TPSA) is 58.6 Å². The number of benzene rings is 1. The smallest absolute Gasteiger partial charge is 0.224 e. The van der Waals surface area contributed by atoms with Crippen LogP contribution >= 0.6 is 11.6 Å². The van der Waals surface area contributed by atoms with Crippen LogP contribution in [0.15, 0.2) is 18.2 Å². The Morgan fingerprint density at radius 1 is 1.20 bits per heavy atom. The number of halogens is 1. The highest BCUT2D eigenvalue weighted by atomic mass is 35.5. The first-order valence-electron chi connectivity index (χ1n) is 11.2. The summed E-state index contributed by atoms with van der Waals surface area (Å²) in [6.07, 6.45) is 7.30. The number of aryl methyl sites for hydroxylation is 1. The van der Waals surface area contributed by atoms with Crippen LogP contribution in [0.5, 0.6) is 0 Å². The van der Waals surface area contributed by atoms with E-state index in [0.717, 1.165) is 41.8 Å². The maximum atomic E-state index is 12.8. The fourth-order valence-electron chi connectivity index (χ4n) is 4.55. The summed E-state index contributed by atoms with van der Waals surface area (Å²) in [5, 5.41) is 1.70. The summed E-state index contributed by atoms with van der Waals surface area (Å²) in [6.45, 7) is 5.40. The average Bonchev–Trinajstić information content (AvgIpc) is 2.79. The Bertz CT molecular complexity index is 879. The molecule has 30 heavy (non-hydrogen) atoms. The predicted octanol–water partition coefficient (Wildman–Crippen LogP) is 4.23. The van der Waals surface area contributed by atoms with Gasteiger partial charge in [-0.25, -0.2) is 9.97 Å². The van der Waals surface area contributed by atoms with Gasteiger partial charge in [0.25, 0.3) is 0 Å². The molecule has 2 aromatic rings. The maximum Gasteiger partial charge on any atom is 0.224 e. The third-order valence-corrected chi connectivity index (χ3v) is 6.45. The Balaban J connectivity index is 1.64. The van der Waals surface area contributed by atoms with Gasteiger partial charge in [0.05, 0.1) is 18.7 Å². The van der Waals surface area contributed by atoms with Crippen LogP contribution in [0.25, 0.3) is 10.9 Å². The molecule has 162 valence electrons. The summed E-state index contributed by atoms with van der Waals surface area (Å²) in [5.41, 5.74) is 0.879. The average molecular weight is 431 g/mol. The van der Waals surface area contributed by atoms with Crippen molar-refractivity contribution in [3.63, 3.8) is 0 Å². The van der Waals surface area contributed by atoms with Crippen molar-refractivity contribution in [3.8, 4) is 0 Å². The van der Waals surface area contributed by atoms with Crippen LogP contribution < -0.4 is 4.90 Å². The number of ether oxygens (including phenoxy) is 1. The second-order valence-electron chi connectivity index (χ2n) is 8.21. The number of aromatic nitrogens is 2. The highest BCUT2D eigenvalue weighted by Gasteiger charge is 2.26. The molecule has 0 spiro atoms. The molecule has 2 heterocycles. The van der Waals surface area contributed by atoms with Crippen molar-refractivity contribution in [1.29, 1.82) is 0 Å². The zero-order valence-electron chi connectivity index (χ0n) is 17.8. The Labute approximate surface area is 183 Å². The van der Waals surface area contributed by atoms with Crippen LogP contribution in [-0.4, -0.2) is 59.7 Å². The monoisotopic (exact) mass is 430 g/mol. The molecule has 1 saturated carbocycles. The Hall–Kier alpha value is -1.92. The Morgan fingerprint density at radius 2 is 1.97 bits per heavy atom. The van der Waals surface area contributed by atoms with Gasteiger partial charge in [-0.1, -0.05) is 37.8 Å². The number of amides is 1. The molecular weight excluding hydrogens is 400 g/mol. The van der Waals surface area contributed by atoms with Crippen molar-refractivity contribution in [2.24, 2.45) is 0 Å². The fourth-order valence-corrected chi connectivity index (χ4v) is 4.72. The van der Waals surface area contributed by atoms with Crippen molar-refractivity contribution < 1.29 is 9.53 Å². The lowest BCUT2D eigenvalue weighted by Gasteiger charge is -2.36. The van der Waals surface area contributed by atoms with Crippen molar-refractivity contribution >= 4 is 34.2 Å². The van der Waals surface area contributed by atoms with E-state index in [4.69, 9.17) is 26.3 Å². The van der Waals surface area contributed by atoms with E-state index in [1.165, 1.54) is 19.3 Å². The number of rotatable bonds is 6. The van der Waals surface area contributed by atoms with Crippen LogP contribution in [0.1, 0.15) is 51.3 Å². The summed E-state index contributed by atoms with van der Waals surface area (Å²) >= 11 is 6.25. The Morgan fingerprint density at radius 3 is 2.70 bits per heavy atom. The number of fused-ring (bicyclic) bond motifs is 1. The van der Waals surface area contributed by atoms with E-state index in [1.54, 1.807) is 0 Å². The van der Waals surface area contributed by atoms with E-state index in [0.29, 0.717) is 50.3 Å².